The van der Waals surface area contributed by atoms with Crippen molar-refractivity contribution in [1.29, 1.82) is 0 Å². The number of hydrogen-bond donors (Lipinski definition) is 1. The van der Waals surface area contributed by atoms with Crippen molar-refractivity contribution in [2.75, 3.05) is 19.6 Å². The third-order valence-corrected chi connectivity index (χ3v) is 3.25. The van der Waals surface area contributed by atoms with Crippen LogP contribution in [0.2, 0.25) is 0 Å². The Morgan fingerprint density at radius 1 is 1.33 bits per heavy atom. The minimum atomic E-state index is 0.437. The van der Waals surface area contributed by atoms with Crippen LogP contribution in [0.1, 0.15) is 25.5 Å². The van der Waals surface area contributed by atoms with Crippen LogP contribution in [-0.2, 0) is 0 Å². The summed E-state index contributed by atoms with van der Waals surface area (Å²) in [7, 11) is 0. The molecular formula is C12H19BrN2. The Labute approximate surface area is 101 Å². The van der Waals surface area contributed by atoms with E-state index in [1.54, 1.807) is 0 Å². The molecule has 0 saturated carbocycles. The summed E-state index contributed by atoms with van der Waals surface area (Å²) >= 11 is 3.45. The lowest BCUT2D eigenvalue weighted by Gasteiger charge is -2.27. The van der Waals surface area contributed by atoms with Crippen molar-refractivity contribution in [1.82, 2.24) is 4.90 Å². The molecule has 0 aromatic heterocycles. The van der Waals surface area contributed by atoms with Crippen LogP contribution in [0.4, 0.5) is 0 Å². The zero-order valence-corrected chi connectivity index (χ0v) is 11.0. The fourth-order valence-electron chi connectivity index (χ4n) is 1.74. The minimum Gasteiger partial charge on any atom is -0.329 e. The minimum absolute atomic E-state index is 0.437. The second kappa shape index (κ2) is 6.26. The average Bonchev–Trinajstić information content (AvgIpc) is 2.26. The molecule has 2 N–H and O–H groups in total. The predicted octanol–water partition coefficient (Wildman–Crippen LogP) is 2.79. The summed E-state index contributed by atoms with van der Waals surface area (Å²) in [4.78, 5) is 2.38. The van der Waals surface area contributed by atoms with E-state index in [2.05, 4.69) is 58.9 Å². The SMILES string of the molecule is CCN(CCN)[C@@H](C)c1ccc(Br)cc1. The molecule has 84 valence electrons. The Morgan fingerprint density at radius 3 is 2.40 bits per heavy atom. The molecule has 1 aromatic carbocycles. The van der Waals surface area contributed by atoms with Crippen molar-refractivity contribution in [3.05, 3.63) is 34.3 Å². The lowest BCUT2D eigenvalue weighted by atomic mass is 10.1. The van der Waals surface area contributed by atoms with Gasteiger partial charge in [-0.25, -0.2) is 0 Å². The fourth-order valence-corrected chi connectivity index (χ4v) is 2.01. The van der Waals surface area contributed by atoms with Crippen LogP contribution in [0.25, 0.3) is 0 Å². The highest BCUT2D eigenvalue weighted by atomic mass is 79.9. The molecule has 0 aliphatic heterocycles. The lowest BCUT2D eigenvalue weighted by Crippen LogP contribution is -2.31. The van der Waals surface area contributed by atoms with Crippen LogP contribution < -0.4 is 5.73 Å². The maximum absolute atomic E-state index is 5.60. The van der Waals surface area contributed by atoms with Gasteiger partial charge in [-0.05, 0) is 31.2 Å². The summed E-state index contributed by atoms with van der Waals surface area (Å²) < 4.78 is 1.13. The molecule has 1 atom stereocenters. The molecule has 15 heavy (non-hydrogen) atoms. The number of nitrogens with zero attached hydrogens (tertiary/aromatic N) is 1. The summed E-state index contributed by atoms with van der Waals surface area (Å²) in [5, 5.41) is 0. The maximum Gasteiger partial charge on any atom is 0.0320 e. The smallest absolute Gasteiger partial charge is 0.0320 e. The van der Waals surface area contributed by atoms with E-state index in [0.29, 0.717) is 12.6 Å². The van der Waals surface area contributed by atoms with Gasteiger partial charge in [-0.15, -0.1) is 0 Å². The number of nitrogens with two attached hydrogens (primary N) is 1. The summed E-state index contributed by atoms with van der Waals surface area (Å²) in [6.45, 7) is 7.10. The second-order valence-corrected chi connectivity index (χ2v) is 4.56. The molecule has 0 bridgehead atoms. The van der Waals surface area contributed by atoms with E-state index in [4.69, 9.17) is 5.73 Å². The third-order valence-electron chi connectivity index (χ3n) is 2.72. The van der Waals surface area contributed by atoms with Crippen molar-refractivity contribution >= 4 is 15.9 Å². The maximum atomic E-state index is 5.60. The van der Waals surface area contributed by atoms with Crippen LogP contribution in [0.3, 0.4) is 0 Å². The first-order chi connectivity index (χ1) is 7.19. The van der Waals surface area contributed by atoms with Gasteiger partial charge in [0.2, 0.25) is 0 Å². The predicted molar refractivity (Wildman–Crippen MR) is 68.9 cm³/mol. The second-order valence-electron chi connectivity index (χ2n) is 3.64. The Kier molecular flexibility index (Phi) is 5.29. The number of rotatable bonds is 5. The Bertz CT molecular complexity index is 284. The van der Waals surface area contributed by atoms with E-state index in [1.165, 1.54) is 5.56 Å². The van der Waals surface area contributed by atoms with Crippen molar-refractivity contribution in [2.24, 2.45) is 5.73 Å². The van der Waals surface area contributed by atoms with Crippen molar-refractivity contribution in [3.63, 3.8) is 0 Å². The van der Waals surface area contributed by atoms with E-state index in [0.717, 1.165) is 17.6 Å². The number of benzene rings is 1. The third kappa shape index (κ3) is 3.59. The summed E-state index contributed by atoms with van der Waals surface area (Å²) in [6.07, 6.45) is 0. The van der Waals surface area contributed by atoms with E-state index in [1.807, 2.05) is 0 Å². The number of halogens is 1. The summed E-state index contributed by atoms with van der Waals surface area (Å²) in [6, 6.07) is 8.93. The van der Waals surface area contributed by atoms with E-state index >= 15 is 0 Å². The first kappa shape index (κ1) is 12.7. The molecule has 0 aliphatic rings. The molecule has 0 fully saturated rings. The van der Waals surface area contributed by atoms with Gasteiger partial charge in [-0.1, -0.05) is 35.0 Å². The van der Waals surface area contributed by atoms with Gasteiger partial charge in [0.05, 0.1) is 0 Å². The highest BCUT2D eigenvalue weighted by Gasteiger charge is 2.12. The van der Waals surface area contributed by atoms with E-state index in [-0.39, 0.29) is 0 Å². The molecule has 0 saturated heterocycles. The quantitative estimate of drug-likeness (QED) is 0.892. The highest BCUT2D eigenvalue weighted by molar-refractivity contribution is 9.10. The van der Waals surface area contributed by atoms with Gasteiger partial charge in [0.1, 0.15) is 0 Å². The zero-order chi connectivity index (χ0) is 11.3. The molecule has 1 rings (SSSR count). The molecule has 0 amide bonds. The van der Waals surface area contributed by atoms with Crippen molar-refractivity contribution in [3.8, 4) is 0 Å². The van der Waals surface area contributed by atoms with Gasteiger partial charge in [0.15, 0.2) is 0 Å². The molecule has 0 heterocycles. The van der Waals surface area contributed by atoms with Gasteiger partial charge in [-0.3, -0.25) is 4.90 Å². The lowest BCUT2D eigenvalue weighted by molar-refractivity contribution is 0.228. The van der Waals surface area contributed by atoms with Crippen LogP contribution in [0.5, 0.6) is 0 Å². The Morgan fingerprint density at radius 2 is 1.93 bits per heavy atom. The largest absolute Gasteiger partial charge is 0.329 e. The van der Waals surface area contributed by atoms with Crippen LogP contribution in [-0.4, -0.2) is 24.5 Å². The Hall–Kier alpha value is -0.380. The topological polar surface area (TPSA) is 29.3 Å². The molecule has 0 radical (unpaired) electrons. The summed E-state index contributed by atoms with van der Waals surface area (Å²) in [5.41, 5.74) is 6.94. The molecule has 2 nitrogen and oxygen atoms in total. The highest BCUT2D eigenvalue weighted by Crippen LogP contribution is 2.21. The van der Waals surface area contributed by atoms with E-state index in [9.17, 15) is 0 Å². The Balaban J connectivity index is 2.73. The molecule has 0 spiro atoms. The number of hydrogen-bond acceptors (Lipinski definition) is 2. The van der Waals surface area contributed by atoms with Crippen molar-refractivity contribution in [2.45, 2.75) is 19.9 Å². The first-order valence-electron chi connectivity index (χ1n) is 5.38. The molecule has 1 aromatic rings. The van der Waals surface area contributed by atoms with Crippen molar-refractivity contribution < 1.29 is 0 Å². The van der Waals surface area contributed by atoms with Crippen LogP contribution in [0, 0.1) is 0 Å². The summed E-state index contributed by atoms with van der Waals surface area (Å²) in [5.74, 6) is 0. The zero-order valence-electron chi connectivity index (χ0n) is 9.41. The normalized spacial score (nSPS) is 13.1. The molecule has 0 aliphatic carbocycles. The van der Waals surface area contributed by atoms with E-state index < -0.39 is 0 Å². The molecule has 3 heteroatoms. The van der Waals surface area contributed by atoms with Gasteiger partial charge < -0.3 is 5.73 Å². The fraction of sp³-hybridized carbons (Fsp3) is 0.500. The molecule has 0 unspecified atom stereocenters. The van der Waals surface area contributed by atoms with Gasteiger partial charge >= 0.3 is 0 Å². The standard InChI is InChI=1S/C12H19BrN2/c1-3-15(9-8-14)10(2)11-4-6-12(13)7-5-11/h4-7,10H,3,8-9,14H2,1-2H3/t10-/m0/s1. The monoisotopic (exact) mass is 270 g/mol. The van der Waals surface area contributed by atoms with Crippen LogP contribution in [0.15, 0.2) is 28.7 Å². The molecular weight excluding hydrogens is 252 g/mol. The van der Waals surface area contributed by atoms with Crippen LogP contribution >= 0.6 is 15.9 Å². The average molecular weight is 271 g/mol. The first-order valence-corrected chi connectivity index (χ1v) is 6.18. The van der Waals surface area contributed by atoms with Gasteiger partial charge in [-0.2, -0.15) is 0 Å². The van der Waals surface area contributed by atoms with Gasteiger partial charge in [0, 0.05) is 23.6 Å². The number of likely N-dealkylation sites (N-methyl/N-ethyl adjacent to an activating group) is 1. The van der Waals surface area contributed by atoms with Gasteiger partial charge in [0.25, 0.3) is 0 Å².